The molecule has 35 heavy (non-hydrogen) atoms. The lowest BCUT2D eigenvalue weighted by Gasteiger charge is -2.35. The molecule has 1 fully saturated rings. The lowest BCUT2D eigenvalue weighted by atomic mass is 10.0. The fraction of sp³-hybridized carbons (Fsp3) is 0.160. The summed E-state index contributed by atoms with van der Waals surface area (Å²) in [5.74, 6) is 0.0420. The van der Waals surface area contributed by atoms with Crippen molar-refractivity contribution in [3.8, 4) is 17.2 Å². The molecule has 2 aromatic heterocycles. The van der Waals surface area contributed by atoms with Crippen molar-refractivity contribution >= 4 is 51.6 Å². The van der Waals surface area contributed by atoms with Crippen LogP contribution in [0.3, 0.4) is 0 Å². The third kappa shape index (κ3) is 4.58. The smallest absolute Gasteiger partial charge is 0.264 e. The second-order valence-electron chi connectivity index (χ2n) is 7.88. The third-order valence-corrected chi connectivity index (χ3v) is 6.86. The third-order valence-electron chi connectivity index (χ3n) is 5.82. The maximum atomic E-state index is 14.4. The highest BCUT2D eigenvalue weighted by atomic mass is 35.5. The van der Waals surface area contributed by atoms with E-state index in [0.29, 0.717) is 53.7 Å². The summed E-state index contributed by atoms with van der Waals surface area (Å²) in [4.78, 5) is 30.2. The van der Waals surface area contributed by atoms with Crippen molar-refractivity contribution in [1.29, 1.82) is 5.26 Å². The molecule has 0 unspecified atom stereocenters. The zero-order chi connectivity index (χ0) is 24.4. The fourth-order valence-electron chi connectivity index (χ4n) is 4.07. The van der Waals surface area contributed by atoms with Gasteiger partial charge in [-0.15, -0.1) is 11.3 Å². The second kappa shape index (κ2) is 9.78. The number of hydrogen-bond donors (Lipinski definition) is 0. The lowest BCUT2D eigenvalue weighted by Crippen LogP contribution is -2.49. The van der Waals surface area contributed by atoms with Gasteiger partial charge in [-0.05, 0) is 24.3 Å². The van der Waals surface area contributed by atoms with E-state index in [1.807, 2.05) is 6.07 Å². The van der Waals surface area contributed by atoms with Crippen LogP contribution >= 0.6 is 22.9 Å². The Morgan fingerprint density at radius 3 is 2.66 bits per heavy atom. The number of amides is 1. The highest BCUT2D eigenvalue weighted by molar-refractivity contribution is 7.10. The molecule has 0 N–H and O–H groups in total. The summed E-state index contributed by atoms with van der Waals surface area (Å²) in [5, 5.41) is 10.6. The van der Waals surface area contributed by atoms with E-state index >= 15 is 0 Å². The van der Waals surface area contributed by atoms with Crippen molar-refractivity contribution < 1.29 is 9.18 Å². The number of hydrogen-bond acceptors (Lipinski definition) is 7. The van der Waals surface area contributed by atoms with Crippen molar-refractivity contribution in [2.24, 2.45) is 0 Å². The van der Waals surface area contributed by atoms with Crippen LogP contribution in [0.15, 0.2) is 60.0 Å². The van der Waals surface area contributed by atoms with Gasteiger partial charge in [-0.1, -0.05) is 29.8 Å². The molecule has 10 heteroatoms. The van der Waals surface area contributed by atoms with Crippen molar-refractivity contribution in [1.82, 2.24) is 19.9 Å². The van der Waals surface area contributed by atoms with E-state index in [1.165, 1.54) is 23.7 Å². The molecule has 0 saturated carbocycles. The van der Waals surface area contributed by atoms with Crippen LogP contribution in [0.4, 0.5) is 10.2 Å². The summed E-state index contributed by atoms with van der Waals surface area (Å²) >= 11 is 7.93. The number of benzene rings is 2. The summed E-state index contributed by atoms with van der Waals surface area (Å²) < 4.78 is 14.4. The number of rotatable bonds is 4. The molecule has 7 nitrogen and oxygen atoms in total. The van der Waals surface area contributed by atoms with Gasteiger partial charge in [0.05, 0.1) is 11.0 Å². The van der Waals surface area contributed by atoms with Gasteiger partial charge in [-0.25, -0.2) is 14.4 Å². The van der Waals surface area contributed by atoms with Crippen LogP contribution in [-0.2, 0) is 4.79 Å². The molecule has 2 aromatic carbocycles. The maximum Gasteiger partial charge on any atom is 0.264 e. The van der Waals surface area contributed by atoms with Crippen molar-refractivity contribution in [3.63, 3.8) is 0 Å². The van der Waals surface area contributed by atoms with E-state index in [2.05, 4.69) is 19.9 Å². The van der Waals surface area contributed by atoms with Gasteiger partial charge in [0.1, 0.15) is 29.6 Å². The summed E-state index contributed by atoms with van der Waals surface area (Å²) in [6.07, 6.45) is 4.66. The molecule has 1 saturated heterocycles. The minimum absolute atomic E-state index is 0.0858. The highest BCUT2D eigenvalue weighted by Gasteiger charge is 2.26. The molecule has 1 aliphatic rings. The quantitative estimate of drug-likeness (QED) is 0.293. The van der Waals surface area contributed by atoms with Gasteiger partial charge in [-0.2, -0.15) is 5.26 Å². The first-order chi connectivity index (χ1) is 17.0. The summed E-state index contributed by atoms with van der Waals surface area (Å²) in [6.45, 7) is 1.94. The predicted octanol–water partition coefficient (Wildman–Crippen LogP) is 4.80. The number of nitriles is 1. The molecule has 3 heterocycles. The molecule has 1 amide bonds. The standard InChI is InChI=1S/C25H18ClFN6OS/c26-21-10-20-23(11-19(21)18-3-1-2-4-22(18)27)30-14-31-24(20)32-5-7-33(8-6-32)25(34)16(12-28)9-17-13-29-15-35-17/h1-4,9-11,13-15H,5-8H2/b16-9+. The Morgan fingerprint density at radius 2 is 1.94 bits per heavy atom. The topological polar surface area (TPSA) is 86.0 Å². The van der Waals surface area contributed by atoms with E-state index in [4.69, 9.17) is 11.6 Å². The molecule has 5 rings (SSSR count). The van der Waals surface area contributed by atoms with Crippen LogP contribution in [0.1, 0.15) is 4.88 Å². The zero-order valence-electron chi connectivity index (χ0n) is 18.4. The molecule has 0 bridgehead atoms. The van der Waals surface area contributed by atoms with Crippen LogP contribution in [0.5, 0.6) is 0 Å². The summed E-state index contributed by atoms with van der Waals surface area (Å²) in [7, 11) is 0. The first kappa shape index (κ1) is 22.9. The van der Waals surface area contributed by atoms with Gasteiger partial charge in [0.25, 0.3) is 5.91 Å². The van der Waals surface area contributed by atoms with Gasteiger partial charge in [0, 0.05) is 58.8 Å². The second-order valence-corrected chi connectivity index (χ2v) is 9.20. The van der Waals surface area contributed by atoms with Crippen LogP contribution in [0, 0.1) is 17.1 Å². The summed E-state index contributed by atoms with van der Waals surface area (Å²) in [5.41, 5.74) is 3.36. The Hall–Kier alpha value is -3.87. The van der Waals surface area contributed by atoms with E-state index in [9.17, 15) is 14.4 Å². The lowest BCUT2D eigenvalue weighted by molar-refractivity contribution is -0.126. The summed E-state index contributed by atoms with van der Waals surface area (Å²) in [6, 6.07) is 12.0. The van der Waals surface area contributed by atoms with E-state index in [1.54, 1.807) is 53.0 Å². The Kier molecular flexibility index (Phi) is 6.40. The van der Waals surface area contributed by atoms with Gasteiger partial charge < -0.3 is 9.80 Å². The molecule has 0 radical (unpaired) electrons. The number of carbonyl (C=O) groups is 1. The molecule has 0 atom stereocenters. The SMILES string of the molecule is N#C/C(=C\c1cncs1)C(=O)N1CCN(c2ncnc3cc(-c4ccccc4F)c(Cl)cc23)CC1. The van der Waals surface area contributed by atoms with Gasteiger partial charge in [0.15, 0.2) is 0 Å². The Morgan fingerprint density at radius 1 is 1.14 bits per heavy atom. The van der Waals surface area contributed by atoms with Crippen molar-refractivity contribution in [2.75, 3.05) is 31.1 Å². The Bertz CT molecular complexity index is 1480. The number of piperazine rings is 1. The largest absolute Gasteiger partial charge is 0.352 e. The number of thiazole rings is 1. The van der Waals surface area contributed by atoms with E-state index < -0.39 is 0 Å². The van der Waals surface area contributed by atoms with Crippen molar-refractivity contribution in [2.45, 2.75) is 0 Å². The van der Waals surface area contributed by atoms with Crippen LogP contribution < -0.4 is 4.90 Å². The monoisotopic (exact) mass is 504 g/mol. The number of halogens is 2. The number of nitrogens with zero attached hydrogens (tertiary/aromatic N) is 6. The fourth-order valence-corrected chi connectivity index (χ4v) is 4.89. The predicted molar refractivity (Wildman–Crippen MR) is 134 cm³/mol. The van der Waals surface area contributed by atoms with Gasteiger partial charge in [0.2, 0.25) is 0 Å². The van der Waals surface area contributed by atoms with E-state index in [-0.39, 0.29) is 17.3 Å². The Balaban J connectivity index is 1.38. The average molecular weight is 505 g/mol. The maximum absolute atomic E-state index is 14.4. The zero-order valence-corrected chi connectivity index (χ0v) is 19.9. The van der Waals surface area contributed by atoms with Crippen LogP contribution in [-0.4, -0.2) is 51.9 Å². The molecular weight excluding hydrogens is 487 g/mol. The number of aromatic nitrogens is 3. The minimum atomic E-state index is -0.357. The van der Waals surface area contributed by atoms with Gasteiger partial charge >= 0.3 is 0 Å². The molecule has 0 spiro atoms. The molecule has 0 aliphatic carbocycles. The Labute approximate surface area is 209 Å². The average Bonchev–Trinajstić information content (AvgIpc) is 3.40. The number of carbonyl (C=O) groups excluding carboxylic acids is 1. The first-order valence-electron chi connectivity index (χ1n) is 10.8. The first-order valence-corrected chi connectivity index (χ1v) is 12.0. The normalized spacial score (nSPS) is 14.3. The minimum Gasteiger partial charge on any atom is -0.352 e. The van der Waals surface area contributed by atoms with Crippen LogP contribution in [0.2, 0.25) is 5.02 Å². The molecule has 174 valence electrons. The van der Waals surface area contributed by atoms with Crippen LogP contribution in [0.25, 0.3) is 28.1 Å². The van der Waals surface area contributed by atoms with Gasteiger partial charge in [-0.3, -0.25) is 9.78 Å². The molecule has 1 aliphatic heterocycles. The molecular formula is C25H18ClFN6OS. The van der Waals surface area contributed by atoms with E-state index in [0.717, 1.165) is 10.3 Å². The highest BCUT2D eigenvalue weighted by Crippen LogP contribution is 2.35. The molecule has 4 aromatic rings. The number of anilines is 1. The number of fused-ring (bicyclic) bond motifs is 1. The van der Waals surface area contributed by atoms with Crippen molar-refractivity contribution in [3.05, 3.63) is 75.7 Å².